The number of piperazine rings is 2. The molecule has 2 saturated heterocycles. The van der Waals surface area contributed by atoms with Gasteiger partial charge in [-0.25, -0.2) is 4.98 Å². The number of hydrogen-bond donors (Lipinski definition) is 1. The maximum atomic E-state index is 12.9. The third kappa shape index (κ3) is 5.32. The van der Waals surface area contributed by atoms with E-state index in [1.807, 2.05) is 28.9 Å². The second-order valence-electron chi connectivity index (χ2n) is 8.34. The molecule has 0 bridgehead atoms. The molecule has 2 aliphatic heterocycles. The molecule has 1 atom stereocenters. The lowest BCUT2D eigenvalue weighted by Crippen LogP contribution is -2.57. The Bertz CT molecular complexity index is 665. The molecule has 2 fully saturated rings. The molecule has 0 aromatic carbocycles. The van der Waals surface area contributed by atoms with Gasteiger partial charge in [-0.1, -0.05) is 13.8 Å². The van der Waals surface area contributed by atoms with E-state index in [9.17, 15) is 9.59 Å². The van der Waals surface area contributed by atoms with Gasteiger partial charge in [0.25, 0.3) is 0 Å². The highest BCUT2D eigenvalue weighted by Gasteiger charge is 2.33. The molecule has 0 aliphatic carbocycles. The minimum absolute atomic E-state index is 0.00299. The first-order valence-corrected chi connectivity index (χ1v) is 10.4. The Morgan fingerprint density at radius 1 is 1.25 bits per heavy atom. The number of carbonyl (C=O) groups is 2. The zero-order valence-electron chi connectivity index (χ0n) is 17.4. The van der Waals surface area contributed by atoms with Crippen molar-refractivity contribution in [2.24, 2.45) is 13.0 Å². The molecule has 1 aromatic rings. The standard InChI is InChI=1S/C20H34N6O2/c1-16(2)4-7-25-9-6-22-20(28)17(25)14-19(27)26-12-10-24(11-13-26)15-18-21-5-8-23(18)3/h5,8,16-17H,4,6-7,9-15H2,1-3H3,(H,22,28)/t17-/m1/s1. The van der Waals surface area contributed by atoms with Crippen molar-refractivity contribution in [3.05, 3.63) is 18.2 Å². The summed E-state index contributed by atoms with van der Waals surface area (Å²) in [4.78, 5) is 36.1. The first-order valence-electron chi connectivity index (χ1n) is 10.4. The van der Waals surface area contributed by atoms with Crippen LogP contribution in [0.2, 0.25) is 0 Å². The first kappa shape index (κ1) is 20.8. The summed E-state index contributed by atoms with van der Waals surface area (Å²) in [6.07, 6.45) is 5.10. The molecule has 8 heteroatoms. The van der Waals surface area contributed by atoms with Gasteiger partial charge in [-0.05, 0) is 18.9 Å². The van der Waals surface area contributed by atoms with E-state index in [0.29, 0.717) is 25.6 Å². The number of rotatable bonds is 7. The van der Waals surface area contributed by atoms with Crippen molar-refractivity contribution in [1.29, 1.82) is 0 Å². The molecular weight excluding hydrogens is 356 g/mol. The van der Waals surface area contributed by atoms with Gasteiger partial charge in [-0.15, -0.1) is 0 Å². The average molecular weight is 391 g/mol. The van der Waals surface area contributed by atoms with Crippen LogP contribution in [0.15, 0.2) is 12.4 Å². The maximum Gasteiger partial charge on any atom is 0.237 e. The minimum Gasteiger partial charge on any atom is -0.353 e. The number of nitrogens with one attached hydrogen (secondary N) is 1. The molecule has 0 saturated carbocycles. The van der Waals surface area contributed by atoms with Crippen molar-refractivity contribution in [2.45, 2.75) is 39.3 Å². The topological polar surface area (TPSA) is 73.7 Å². The highest BCUT2D eigenvalue weighted by Crippen LogP contribution is 2.15. The number of amides is 2. The van der Waals surface area contributed by atoms with Gasteiger partial charge in [0.15, 0.2) is 0 Å². The molecule has 2 aliphatic rings. The van der Waals surface area contributed by atoms with Gasteiger partial charge in [0.2, 0.25) is 11.8 Å². The maximum absolute atomic E-state index is 12.9. The molecule has 8 nitrogen and oxygen atoms in total. The Morgan fingerprint density at radius 3 is 2.64 bits per heavy atom. The third-order valence-electron chi connectivity index (χ3n) is 5.81. The number of carbonyl (C=O) groups excluding carboxylic acids is 2. The lowest BCUT2D eigenvalue weighted by molar-refractivity contribution is -0.140. The third-order valence-corrected chi connectivity index (χ3v) is 5.81. The Morgan fingerprint density at radius 2 is 2.00 bits per heavy atom. The van der Waals surface area contributed by atoms with Gasteiger partial charge in [0.05, 0.1) is 19.0 Å². The fourth-order valence-corrected chi connectivity index (χ4v) is 3.87. The molecule has 0 spiro atoms. The highest BCUT2D eigenvalue weighted by molar-refractivity contribution is 5.88. The number of aryl methyl sites for hydroxylation is 1. The predicted molar refractivity (Wildman–Crippen MR) is 108 cm³/mol. The molecule has 156 valence electrons. The van der Waals surface area contributed by atoms with Crippen LogP contribution in [-0.4, -0.2) is 87.9 Å². The van der Waals surface area contributed by atoms with Gasteiger partial charge >= 0.3 is 0 Å². The van der Waals surface area contributed by atoms with Gasteiger partial charge in [0, 0.05) is 58.7 Å². The monoisotopic (exact) mass is 390 g/mol. The largest absolute Gasteiger partial charge is 0.353 e. The second kappa shape index (κ2) is 9.52. The van der Waals surface area contributed by atoms with Crippen LogP contribution in [0.5, 0.6) is 0 Å². The minimum atomic E-state index is -0.328. The van der Waals surface area contributed by atoms with Crippen molar-refractivity contribution in [2.75, 3.05) is 45.8 Å². The summed E-state index contributed by atoms with van der Waals surface area (Å²) in [5.74, 6) is 1.72. The summed E-state index contributed by atoms with van der Waals surface area (Å²) in [5.41, 5.74) is 0. The quantitative estimate of drug-likeness (QED) is 0.725. The van der Waals surface area contributed by atoms with Crippen LogP contribution >= 0.6 is 0 Å². The number of nitrogens with zero attached hydrogens (tertiary/aromatic N) is 5. The van der Waals surface area contributed by atoms with Crippen molar-refractivity contribution < 1.29 is 9.59 Å². The highest BCUT2D eigenvalue weighted by atomic mass is 16.2. The van der Waals surface area contributed by atoms with E-state index < -0.39 is 0 Å². The number of aromatic nitrogens is 2. The zero-order valence-corrected chi connectivity index (χ0v) is 17.4. The van der Waals surface area contributed by atoms with E-state index in [1.165, 1.54) is 0 Å². The summed E-state index contributed by atoms with van der Waals surface area (Å²) in [6, 6.07) is -0.328. The van der Waals surface area contributed by atoms with E-state index in [1.54, 1.807) is 0 Å². The molecule has 1 aromatic heterocycles. The van der Waals surface area contributed by atoms with E-state index in [4.69, 9.17) is 0 Å². The Hall–Kier alpha value is -1.93. The predicted octanol–water partition coefficient (Wildman–Crippen LogP) is 0.301. The Balaban J connectivity index is 1.49. The van der Waals surface area contributed by atoms with Crippen LogP contribution in [0.4, 0.5) is 0 Å². The smallest absolute Gasteiger partial charge is 0.237 e. The summed E-state index contributed by atoms with van der Waals surface area (Å²) in [7, 11) is 2.00. The molecule has 28 heavy (non-hydrogen) atoms. The fraction of sp³-hybridized carbons (Fsp3) is 0.750. The number of hydrogen-bond acceptors (Lipinski definition) is 5. The van der Waals surface area contributed by atoms with Crippen LogP contribution in [-0.2, 0) is 23.2 Å². The summed E-state index contributed by atoms with van der Waals surface area (Å²) < 4.78 is 2.03. The lowest BCUT2D eigenvalue weighted by Gasteiger charge is -2.38. The second-order valence-corrected chi connectivity index (χ2v) is 8.34. The summed E-state index contributed by atoms with van der Waals surface area (Å²) in [6.45, 7) is 10.7. The summed E-state index contributed by atoms with van der Waals surface area (Å²) in [5, 5.41) is 2.93. The molecule has 1 N–H and O–H groups in total. The SMILES string of the molecule is CC(C)CCN1CCNC(=O)[C@H]1CC(=O)N1CCN(Cc2nccn2C)CC1. The first-order chi connectivity index (χ1) is 13.4. The molecule has 3 rings (SSSR count). The van der Waals surface area contributed by atoms with Crippen LogP contribution in [0.3, 0.4) is 0 Å². The average Bonchev–Trinajstić information content (AvgIpc) is 3.07. The van der Waals surface area contributed by atoms with Gasteiger partial charge in [-0.3, -0.25) is 19.4 Å². The number of imidazole rings is 1. The van der Waals surface area contributed by atoms with E-state index in [-0.39, 0.29) is 24.3 Å². The van der Waals surface area contributed by atoms with Crippen LogP contribution in [0, 0.1) is 5.92 Å². The van der Waals surface area contributed by atoms with Crippen LogP contribution in [0.1, 0.15) is 32.5 Å². The van der Waals surface area contributed by atoms with E-state index in [0.717, 1.165) is 45.0 Å². The van der Waals surface area contributed by atoms with Crippen LogP contribution in [0.25, 0.3) is 0 Å². The molecular formula is C20H34N6O2. The van der Waals surface area contributed by atoms with Crippen molar-refractivity contribution >= 4 is 11.8 Å². The molecule has 0 radical (unpaired) electrons. The van der Waals surface area contributed by atoms with E-state index >= 15 is 0 Å². The summed E-state index contributed by atoms with van der Waals surface area (Å²) >= 11 is 0. The Kier molecular flexibility index (Phi) is 7.07. The van der Waals surface area contributed by atoms with Crippen molar-refractivity contribution in [3.8, 4) is 0 Å². The fourth-order valence-electron chi connectivity index (χ4n) is 3.87. The van der Waals surface area contributed by atoms with Crippen LogP contribution < -0.4 is 5.32 Å². The lowest BCUT2D eigenvalue weighted by atomic mass is 10.0. The van der Waals surface area contributed by atoms with E-state index in [2.05, 4.69) is 33.9 Å². The van der Waals surface area contributed by atoms with Crippen molar-refractivity contribution in [3.63, 3.8) is 0 Å². The zero-order chi connectivity index (χ0) is 20.1. The molecule has 3 heterocycles. The normalized spacial score (nSPS) is 21.9. The van der Waals surface area contributed by atoms with Gasteiger partial charge < -0.3 is 14.8 Å². The Labute approximate surface area is 167 Å². The molecule has 0 unspecified atom stereocenters. The van der Waals surface area contributed by atoms with Gasteiger partial charge in [0.1, 0.15) is 5.82 Å². The van der Waals surface area contributed by atoms with Crippen molar-refractivity contribution in [1.82, 2.24) is 29.6 Å². The molecule has 2 amide bonds. The van der Waals surface area contributed by atoms with Gasteiger partial charge in [-0.2, -0.15) is 0 Å².